The summed E-state index contributed by atoms with van der Waals surface area (Å²) >= 11 is 0. The topological polar surface area (TPSA) is 130 Å². The Morgan fingerprint density at radius 1 is 1.09 bits per heavy atom. The van der Waals surface area contributed by atoms with Gasteiger partial charge in [0.25, 0.3) is 10.1 Å². The molecule has 0 saturated heterocycles. The second-order valence-electron chi connectivity index (χ2n) is 7.26. The average molecular weight is 471 g/mol. The lowest BCUT2D eigenvalue weighted by atomic mass is 10.2. The van der Waals surface area contributed by atoms with Crippen LogP contribution in [-0.4, -0.2) is 52.1 Å². The molecule has 0 radical (unpaired) electrons. The van der Waals surface area contributed by atoms with Gasteiger partial charge in [-0.2, -0.15) is 13.5 Å². The van der Waals surface area contributed by atoms with Gasteiger partial charge in [0, 0.05) is 30.8 Å². The molecule has 1 atom stereocenters. The molecule has 12 heteroatoms. The van der Waals surface area contributed by atoms with Gasteiger partial charge in [-0.05, 0) is 31.2 Å². The number of rotatable bonds is 9. The van der Waals surface area contributed by atoms with Crippen LogP contribution in [0, 0.1) is 0 Å². The number of hydrogen-bond acceptors (Lipinski definition) is 10. The first-order valence-electron chi connectivity index (χ1n) is 9.91. The number of hydrogen-bond donors (Lipinski definition) is 1. The van der Waals surface area contributed by atoms with Crippen LogP contribution in [0.3, 0.4) is 0 Å². The molecular formula is C21H22N6O5S. The smallest absolute Gasteiger partial charge is 0.264 e. The number of pyridine rings is 1. The van der Waals surface area contributed by atoms with Gasteiger partial charge in [-0.3, -0.25) is 8.86 Å². The molecule has 0 aliphatic heterocycles. The van der Waals surface area contributed by atoms with Crippen LogP contribution in [0.4, 0.5) is 11.6 Å². The molecule has 0 bridgehead atoms. The Hall–Kier alpha value is -3.77. The third-order valence-corrected chi connectivity index (χ3v) is 5.00. The van der Waals surface area contributed by atoms with Crippen LogP contribution in [0.15, 0.2) is 55.1 Å². The van der Waals surface area contributed by atoms with Crippen LogP contribution in [0.2, 0.25) is 0 Å². The predicted molar refractivity (Wildman–Crippen MR) is 121 cm³/mol. The van der Waals surface area contributed by atoms with E-state index in [0.717, 1.165) is 17.2 Å². The lowest BCUT2D eigenvalue weighted by Gasteiger charge is -2.13. The second kappa shape index (κ2) is 9.38. The van der Waals surface area contributed by atoms with Gasteiger partial charge >= 0.3 is 0 Å². The fourth-order valence-corrected chi connectivity index (χ4v) is 3.63. The standard InChI is InChI=1S/C21H22N6O5S/c1-14(32-33(3,28)29)12-30-16-5-7-20(22-11-16)31-15-4-6-18-17(10-15)21(24-13-23-18)25-19-8-9-27(2)26-19/h4-11,13-14H,12H2,1-3H3,(H,23,24,25,26)/t14-/m1/s1. The molecule has 3 heterocycles. The number of nitrogens with one attached hydrogen (secondary N) is 1. The number of fused-ring (bicyclic) bond motifs is 1. The minimum Gasteiger partial charge on any atom is -0.489 e. The Labute approximate surface area is 190 Å². The van der Waals surface area contributed by atoms with Crippen molar-refractivity contribution in [1.82, 2.24) is 24.7 Å². The van der Waals surface area contributed by atoms with Crippen molar-refractivity contribution in [3.8, 4) is 17.4 Å². The van der Waals surface area contributed by atoms with Gasteiger partial charge in [-0.25, -0.2) is 15.0 Å². The molecule has 1 aromatic carbocycles. The molecule has 33 heavy (non-hydrogen) atoms. The molecule has 1 N–H and O–H groups in total. The molecule has 0 unspecified atom stereocenters. The molecule has 0 spiro atoms. The molecule has 4 aromatic rings. The van der Waals surface area contributed by atoms with Crippen molar-refractivity contribution in [2.24, 2.45) is 7.05 Å². The van der Waals surface area contributed by atoms with Crippen LogP contribution < -0.4 is 14.8 Å². The van der Waals surface area contributed by atoms with Crippen molar-refractivity contribution < 1.29 is 22.1 Å². The first-order valence-corrected chi connectivity index (χ1v) is 11.7. The second-order valence-corrected chi connectivity index (χ2v) is 8.86. The highest BCUT2D eigenvalue weighted by Crippen LogP contribution is 2.29. The van der Waals surface area contributed by atoms with E-state index in [4.69, 9.17) is 13.7 Å². The predicted octanol–water partition coefficient (Wildman–Crippen LogP) is 3.04. The van der Waals surface area contributed by atoms with Crippen molar-refractivity contribution >= 4 is 32.7 Å². The maximum Gasteiger partial charge on any atom is 0.264 e. The number of ether oxygens (including phenoxy) is 2. The Bertz CT molecular complexity index is 1360. The largest absolute Gasteiger partial charge is 0.489 e. The Morgan fingerprint density at radius 3 is 2.61 bits per heavy atom. The van der Waals surface area contributed by atoms with Crippen LogP contribution >= 0.6 is 0 Å². The van der Waals surface area contributed by atoms with Crippen LogP contribution in [0.5, 0.6) is 17.4 Å². The van der Waals surface area contributed by atoms with Gasteiger partial charge < -0.3 is 14.8 Å². The van der Waals surface area contributed by atoms with Gasteiger partial charge in [-0.15, -0.1) is 0 Å². The molecular weight excluding hydrogens is 448 g/mol. The maximum absolute atomic E-state index is 11.1. The minimum absolute atomic E-state index is 0.0612. The summed E-state index contributed by atoms with van der Waals surface area (Å²) in [6.07, 6.45) is 5.17. The summed E-state index contributed by atoms with van der Waals surface area (Å²) < 4.78 is 40.2. The first kappa shape index (κ1) is 22.4. The highest BCUT2D eigenvalue weighted by atomic mass is 32.2. The molecule has 3 aromatic heterocycles. The Kier molecular flexibility index (Phi) is 6.38. The lowest BCUT2D eigenvalue weighted by molar-refractivity contribution is 0.149. The molecule has 172 valence electrons. The molecule has 11 nitrogen and oxygen atoms in total. The summed E-state index contributed by atoms with van der Waals surface area (Å²) in [4.78, 5) is 12.8. The minimum atomic E-state index is -3.54. The Morgan fingerprint density at radius 2 is 1.91 bits per heavy atom. The van der Waals surface area contributed by atoms with E-state index in [1.807, 2.05) is 31.4 Å². The van der Waals surface area contributed by atoms with E-state index >= 15 is 0 Å². The van der Waals surface area contributed by atoms with Gasteiger partial charge in [0.05, 0.1) is 18.0 Å². The molecule has 0 saturated carbocycles. The van der Waals surface area contributed by atoms with E-state index in [1.54, 1.807) is 29.8 Å². The van der Waals surface area contributed by atoms with Gasteiger partial charge in [-0.1, -0.05) is 0 Å². The van der Waals surface area contributed by atoms with Crippen LogP contribution in [0.25, 0.3) is 10.9 Å². The summed E-state index contributed by atoms with van der Waals surface area (Å²) in [6, 6.07) is 10.6. The molecule has 0 aliphatic carbocycles. The number of aryl methyl sites for hydroxylation is 1. The average Bonchev–Trinajstić information content (AvgIpc) is 3.17. The SMILES string of the molecule is C[C@H](COc1ccc(Oc2ccc3ncnc(Nc4ccn(C)n4)c3c2)nc1)OS(C)(=O)=O. The van der Waals surface area contributed by atoms with Crippen molar-refractivity contribution in [2.45, 2.75) is 13.0 Å². The van der Waals surface area contributed by atoms with Gasteiger partial charge in [0.2, 0.25) is 5.88 Å². The van der Waals surface area contributed by atoms with Gasteiger partial charge in [0.1, 0.15) is 36.4 Å². The van der Waals surface area contributed by atoms with Crippen LogP contribution in [0.1, 0.15) is 6.92 Å². The van der Waals surface area contributed by atoms with Gasteiger partial charge in [0.15, 0.2) is 5.82 Å². The first-order chi connectivity index (χ1) is 15.7. The van der Waals surface area contributed by atoms with Crippen molar-refractivity contribution in [3.63, 3.8) is 0 Å². The lowest BCUT2D eigenvalue weighted by Crippen LogP contribution is -2.21. The summed E-state index contributed by atoms with van der Waals surface area (Å²) in [5.41, 5.74) is 0.748. The number of nitrogens with zero attached hydrogens (tertiary/aromatic N) is 5. The summed E-state index contributed by atoms with van der Waals surface area (Å²) in [5.74, 6) is 2.64. The zero-order chi connectivity index (χ0) is 23.4. The third-order valence-electron chi connectivity index (χ3n) is 4.32. The summed E-state index contributed by atoms with van der Waals surface area (Å²) in [6.45, 7) is 1.66. The molecule has 0 aliphatic rings. The van der Waals surface area contributed by atoms with Crippen molar-refractivity contribution in [2.75, 3.05) is 18.2 Å². The third kappa shape index (κ3) is 6.14. The highest BCUT2D eigenvalue weighted by molar-refractivity contribution is 7.86. The Balaban J connectivity index is 1.44. The van der Waals surface area contributed by atoms with E-state index in [9.17, 15) is 8.42 Å². The molecule has 0 fully saturated rings. The van der Waals surface area contributed by atoms with Crippen LogP contribution in [-0.2, 0) is 21.3 Å². The fourth-order valence-electron chi connectivity index (χ4n) is 2.97. The highest BCUT2D eigenvalue weighted by Gasteiger charge is 2.12. The summed E-state index contributed by atoms with van der Waals surface area (Å²) in [5, 5.41) is 8.26. The zero-order valence-corrected chi connectivity index (χ0v) is 19.0. The molecule has 4 rings (SSSR count). The molecule has 0 amide bonds. The zero-order valence-electron chi connectivity index (χ0n) is 18.2. The van der Waals surface area contributed by atoms with E-state index in [2.05, 4.69) is 25.4 Å². The van der Waals surface area contributed by atoms with E-state index in [1.165, 1.54) is 12.5 Å². The van der Waals surface area contributed by atoms with Crippen molar-refractivity contribution in [1.29, 1.82) is 0 Å². The quantitative estimate of drug-likeness (QED) is 0.364. The number of benzene rings is 1. The van der Waals surface area contributed by atoms with Crippen molar-refractivity contribution in [3.05, 3.63) is 55.1 Å². The maximum atomic E-state index is 11.1. The normalized spacial score (nSPS) is 12.5. The fraction of sp³-hybridized carbons (Fsp3) is 0.238. The van der Waals surface area contributed by atoms with E-state index < -0.39 is 16.2 Å². The monoisotopic (exact) mass is 470 g/mol. The number of aromatic nitrogens is 5. The van der Waals surface area contributed by atoms with E-state index in [-0.39, 0.29) is 6.61 Å². The summed E-state index contributed by atoms with van der Waals surface area (Å²) in [7, 11) is -1.70. The number of anilines is 2. The van der Waals surface area contributed by atoms with E-state index in [0.29, 0.717) is 29.0 Å².